The predicted octanol–water partition coefficient (Wildman–Crippen LogP) is 4.80. The lowest BCUT2D eigenvalue weighted by Gasteiger charge is -2.11. The Morgan fingerprint density at radius 1 is 0.875 bits per heavy atom. The summed E-state index contributed by atoms with van der Waals surface area (Å²) < 4.78 is 6.13. The van der Waals surface area contributed by atoms with Crippen LogP contribution < -0.4 is 15.5 Å². The molecule has 9 heteroatoms. The number of halogens is 2. The Hall–Kier alpha value is -3.49. The Balaban J connectivity index is 1.69. The van der Waals surface area contributed by atoms with Crippen LogP contribution in [0.1, 0.15) is 22.8 Å². The van der Waals surface area contributed by atoms with Gasteiger partial charge >= 0.3 is 17.8 Å². The van der Waals surface area contributed by atoms with Crippen LogP contribution in [0, 0.1) is 0 Å². The van der Waals surface area contributed by atoms with Crippen LogP contribution in [0.5, 0.6) is 5.75 Å². The molecule has 0 heterocycles. The van der Waals surface area contributed by atoms with Crippen LogP contribution in [0.2, 0.25) is 5.02 Å². The van der Waals surface area contributed by atoms with Gasteiger partial charge in [-0.2, -0.15) is 5.10 Å². The zero-order valence-electron chi connectivity index (χ0n) is 16.8. The number of hydrazone groups is 1. The maximum atomic E-state index is 12.5. The second-order valence-corrected chi connectivity index (χ2v) is 7.76. The van der Waals surface area contributed by atoms with E-state index in [1.807, 2.05) is 0 Å². The maximum Gasteiger partial charge on any atom is 0.344 e. The molecule has 0 aromatic heterocycles. The number of esters is 1. The first-order chi connectivity index (χ1) is 15.3. The second kappa shape index (κ2) is 10.7. The molecule has 0 aliphatic heterocycles. The molecule has 0 aliphatic carbocycles. The topological polar surface area (TPSA) is 96.9 Å². The first kappa shape index (κ1) is 23.2. The van der Waals surface area contributed by atoms with Crippen molar-refractivity contribution in [3.8, 4) is 5.75 Å². The molecule has 0 unspecified atom stereocenters. The largest absolute Gasteiger partial charge is 0.422 e. The minimum Gasteiger partial charge on any atom is -0.422 e. The average molecular weight is 515 g/mol. The number of nitrogens with zero attached hydrogens (tertiary/aromatic N) is 1. The van der Waals surface area contributed by atoms with E-state index in [0.29, 0.717) is 32.0 Å². The first-order valence-corrected chi connectivity index (χ1v) is 10.5. The van der Waals surface area contributed by atoms with Gasteiger partial charge in [0, 0.05) is 20.7 Å². The lowest BCUT2D eigenvalue weighted by molar-refractivity contribution is -0.136. The molecule has 0 radical (unpaired) electrons. The van der Waals surface area contributed by atoms with Crippen LogP contribution in [0.3, 0.4) is 0 Å². The summed E-state index contributed by atoms with van der Waals surface area (Å²) in [5.74, 6) is -2.14. The zero-order chi connectivity index (χ0) is 23.1. The highest BCUT2D eigenvalue weighted by molar-refractivity contribution is 9.10. The van der Waals surface area contributed by atoms with Gasteiger partial charge in [0.25, 0.3) is 0 Å². The molecule has 32 heavy (non-hydrogen) atoms. The summed E-state index contributed by atoms with van der Waals surface area (Å²) in [5, 5.41) is 6.91. The molecule has 0 aliphatic rings. The third kappa shape index (κ3) is 6.03. The Morgan fingerprint density at radius 3 is 2.19 bits per heavy atom. The number of nitrogens with one attached hydrogen (secondary N) is 2. The molecule has 0 fully saturated rings. The molecule has 0 saturated heterocycles. The van der Waals surface area contributed by atoms with Crippen LogP contribution in [0.4, 0.5) is 5.69 Å². The lowest BCUT2D eigenvalue weighted by Crippen LogP contribution is -2.33. The number of hydrogen-bond acceptors (Lipinski definition) is 5. The number of hydrogen-bond donors (Lipinski definition) is 2. The van der Waals surface area contributed by atoms with Crippen molar-refractivity contribution < 1.29 is 19.1 Å². The van der Waals surface area contributed by atoms with E-state index >= 15 is 0 Å². The van der Waals surface area contributed by atoms with E-state index in [-0.39, 0.29) is 5.75 Å². The molecule has 3 aromatic rings. The normalized spacial score (nSPS) is 10.9. The number of benzene rings is 3. The Labute approximate surface area is 197 Å². The summed E-state index contributed by atoms with van der Waals surface area (Å²) in [6.07, 6.45) is 0. The third-order valence-electron chi connectivity index (χ3n) is 4.21. The van der Waals surface area contributed by atoms with Gasteiger partial charge in [0.15, 0.2) is 0 Å². The van der Waals surface area contributed by atoms with E-state index in [1.54, 1.807) is 79.7 Å². The Bertz CT molecular complexity index is 1200. The van der Waals surface area contributed by atoms with Gasteiger partial charge in [-0.15, -0.1) is 0 Å². The highest BCUT2D eigenvalue weighted by Gasteiger charge is 2.17. The monoisotopic (exact) mass is 513 g/mol. The van der Waals surface area contributed by atoms with Crippen LogP contribution in [0.15, 0.2) is 82.4 Å². The van der Waals surface area contributed by atoms with E-state index < -0.39 is 17.8 Å². The Morgan fingerprint density at radius 2 is 1.50 bits per heavy atom. The summed E-state index contributed by atoms with van der Waals surface area (Å²) in [6.45, 7) is 1.61. The fraction of sp³-hybridized carbons (Fsp3) is 0.0435. The minimum atomic E-state index is -0.956. The van der Waals surface area contributed by atoms with Crippen molar-refractivity contribution in [2.24, 2.45) is 5.10 Å². The van der Waals surface area contributed by atoms with Crippen molar-refractivity contribution >= 4 is 56.7 Å². The number of rotatable bonds is 5. The van der Waals surface area contributed by atoms with Crippen LogP contribution in [0.25, 0.3) is 0 Å². The molecule has 0 bridgehead atoms. The minimum absolute atomic E-state index is 0.259. The smallest absolute Gasteiger partial charge is 0.344 e. The van der Waals surface area contributed by atoms with E-state index in [2.05, 4.69) is 31.8 Å². The molecule has 3 aromatic carbocycles. The average Bonchev–Trinajstić information content (AvgIpc) is 2.79. The third-order valence-corrected chi connectivity index (χ3v) is 5.15. The molecule has 2 N–H and O–H groups in total. The van der Waals surface area contributed by atoms with Gasteiger partial charge in [-0.3, -0.25) is 9.59 Å². The number of ether oxygens (including phenoxy) is 1. The van der Waals surface area contributed by atoms with Gasteiger partial charge in [0.05, 0.1) is 11.3 Å². The first-order valence-electron chi connectivity index (χ1n) is 9.32. The van der Waals surface area contributed by atoms with Crippen LogP contribution in [-0.2, 0) is 9.59 Å². The summed E-state index contributed by atoms with van der Waals surface area (Å²) in [4.78, 5) is 36.7. The molecule has 7 nitrogen and oxygen atoms in total. The van der Waals surface area contributed by atoms with Gasteiger partial charge in [-0.25, -0.2) is 10.2 Å². The predicted molar refractivity (Wildman–Crippen MR) is 126 cm³/mol. The van der Waals surface area contributed by atoms with Crippen molar-refractivity contribution in [1.82, 2.24) is 5.43 Å². The molecular weight excluding hydrogens is 498 g/mol. The van der Waals surface area contributed by atoms with Crippen LogP contribution in [-0.4, -0.2) is 23.5 Å². The van der Waals surface area contributed by atoms with E-state index in [0.717, 1.165) is 0 Å². The van der Waals surface area contributed by atoms with Gasteiger partial charge in [-0.1, -0.05) is 35.9 Å². The van der Waals surface area contributed by atoms with Crippen LogP contribution >= 0.6 is 27.5 Å². The van der Waals surface area contributed by atoms with E-state index in [4.69, 9.17) is 16.3 Å². The lowest BCUT2D eigenvalue weighted by atomic mass is 10.1. The number of carbonyl (C=O) groups is 3. The van der Waals surface area contributed by atoms with Gasteiger partial charge < -0.3 is 10.1 Å². The highest BCUT2D eigenvalue weighted by atomic mass is 79.9. The SMILES string of the molecule is CC(=NNC(=O)C(=O)Nc1ccc(Cl)cc1)c1ccccc1OC(=O)c1ccccc1Br. The maximum absolute atomic E-state index is 12.5. The van der Waals surface area contributed by atoms with E-state index in [1.165, 1.54) is 0 Å². The quantitative estimate of drug-likeness (QED) is 0.168. The fourth-order valence-corrected chi connectivity index (χ4v) is 3.18. The fourth-order valence-electron chi connectivity index (χ4n) is 2.60. The highest BCUT2D eigenvalue weighted by Crippen LogP contribution is 2.23. The summed E-state index contributed by atoms with van der Waals surface area (Å²) >= 11 is 9.12. The zero-order valence-corrected chi connectivity index (χ0v) is 19.1. The number of amides is 2. The molecule has 3 rings (SSSR count). The van der Waals surface area contributed by atoms with Crippen molar-refractivity contribution in [2.75, 3.05) is 5.32 Å². The van der Waals surface area contributed by atoms with Gasteiger partial charge in [0.1, 0.15) is 5.75 Å². The Kier molecular flexibility index (Phi) is 7.75. The van der Waals surface area contributed by atoms with Gasteiger partial charge in [0.2, 0.25) is 0 Å². The number of anilines is 1. The molecule has 162 valence electrons. The molecule has 0 atom stereocenters. The van der Waals surface area contributed by atoms with Crippen molar-refractivity contribution in [3.63, 3.8) is 0 Å². The number of para-hydroxylation sites is 1. The number of carbonyl (C=O) groups excluding carboxylic acids is 3. The van der Waals surface area contributed by atoms with Gasteiger partial charge in [-0.05, 0) is 71.4 Å². The van der Waals surface area contributed by atoms with Crippen molar-refractivity contribution in [2.45, 2.75) is 6.92 Å². The molecule has 0 spiro atoms. The standard InChI is InChI=1S/C23H17BrClN3O4/c1-14(27-28-22(30)21(29)26-16-12-10-15(25)11-13-16)17-6-3-5-9-20(17)32-23(31)18-7-2-4-8-19(18)24/h2-13H,1H3,(H,26,29)(H,28,30). The molecule has 0 saturated carbocycles. The summed E-state index contributed by atoms with van der Waals surface area (Å²) in [7, 11) is 0. The molecular formula is C23H17BrClN3O4. The van der Waals surface area contributed by atoms with Crippen molar-refractivity contribution in [1.29, 1.82) is 0 Å². The molecule has 2 amide bonds. The second-order valence-electron chi connectivity index (χ2n) is 6.46. The summed E-state index contributed by atoms with van der Waals surface area (Å²) in [5.41, 5.74) is 3.80. The van der Waals surface area contributed by atoms with Crippen molar-refractivity contribution in [3.05, 3.63) is 93.4 Å². The van der Waals surface area contributed by atoms with E-state index in [9.17, 15) is 14.4 Å². The summed E-state index contributed by atoms with van der Waals surface area (Å²) in [6, 6.07) is 19.9.